The van der Waals surface area contributed by atoms with Crippen molar-refractivity contribution in [1.29, 1.82) is 0 Å². The smallest absolute Gasteiger partial charge is 0.150 e. The number of hydrogen-bond acceptors (Lipinski definition) is 2. The first kappa shape index (κ1) is 8.94. The Labute approximate surface area is 76.0 Å². The highest BCUT2D eigenvalue weighted by atomic mass is 32.1. The third kappa shape index (κ3) is 2.17. The van der Waals surface area contributed by atoms with E-state index in [2.05, 4.69) is 6.58 Å². The van der Waals surface area contributed by atoms with Crippen LogP contribution in [0, 0.1) is 0 Å². The van der Waals surface area contributed by atoms with E-state index in [-0.39, 0.29) is 0 Å². The summed E-state index contributed by atoms with van der Waals surface area (Å²) in [5, 5.41) is 1.98. The summed E-state index contributed by atoms with van der Waals surface area (Å²) >= 11 is 1.61. The third-order valence-electron chi connectivity index (χ3n) is 1.46. The highest BCUT2D eigenvalue weighted by Gasteiger charge is 1.96. The van der Waals surface area contributed by atoms with Gasteiger partial charge in [-0.3, -0.25) is 4.79 Å². The number of allylic oxidation sites excluding steroid dienone is 2. The molecule has 1 rings (SSSR count). The molecule has 1 aromatic rings. The number of thiophene rings is 1. The molecule has 0 unspecified atom stereocenters. The molecule has 0 aliphatic heterocycles. The summed E-state index contributed by atoms with van der Waals surface area (Å²) in [6.45, 7) is 5.54. The minimum absolute atomic E-state index is 0.664. The molecule has 1 nitrogen and oxygen atoms in total. The molecule has 0 aliphatic rings. The normalized spacial score (nSPS) is 11.2. The highest BCUT2D eigenvalue weighted by molar-refractivity contribution is 7.10. The summed E-state index contributed by atoms with van der Waals surface area (Å²) in [6.07, 6.45) is 2.68. The number of carbonyl (C=O) groups is 1. The zero-order valence-corrected chi connectivity index (χ0v) is 7.73. The molecule has 0 aliphatic carbocycles. The molecule has 0 amide bonds. The predicted molar refractivity (Wildman–Crippen MR) is 53.2 cm³/mol. The van der Waals surface area contributed by atoms with Crippen LogP contribution in [0.2, 0.25) is 0 Å². The number of rotatable bonds is 3. The Hall–Kier alpha value is -1.15. The zero-order chi connectivity index (χ0) is 8.97. The van der Waals surface area contributed by atoms with E-state index < -0.39 is 0 Å². The maximum absolute atomic E-state index is 10.5. The molecular weight excluding hydrogens is 168 g/mol. The Morgan fingerprint density at radius 2 is 2.42 bits per heavy atom. The van der Waals surface area contributed by atoms with Crippen molar-refractivity contribution in [3.8, 4) is 0 Å². The SMILES string of the molecule is C=C(C)/C(C=O)=C/c1cccs1. The molecule has 0 saturated heterocycles. The van der Waals surface area contributed by atoms with Crippen LogP contribution in [-0.2, 0) is 4.79 Å². The lowest BCUT2D eigenvalue weighted by Crippen LogP contribution is -1.83. The van der Waals surface area contributed by atoms with E-state index in [0.717, 1.165) is 16.7 Å². The Kier molecular flexibility index (Phi) is 3.00. The van der Waals surface area contributed by atoms with Crippen LogP contribution in [0.5, 0.6) is 0 Å². The molecule has 0 saturated carbocycles. The van der Waals surface area contributed by atoms with Gasteiger partial charge >= 0.3 is 0 Å². The molecule has 62 valence electrons. The Morgan fingerprint density at radius 3 is 2.83 bits per heavy atom. The van der Waals surface area contributed by atoms with Crippen molar-refractivity contribution in [1.82, 2.24) is 0 Å². The van der Waals surface area contributed by atoms with Crippen LogP contribution in [0.3, 0.4) is 0 Å². The second kappa shape index (κ2) is 4.02. The Bertz CT molecular complexity index is 307. The van der Waals surface area contributed by atoms with Crippen LogP contribution < -0.4 is 0 Å². The largest absolute Gasteiger partial charge is 0.298 e. The quantitative estimate of drug-likeness (QED) is 0.395. The summed E-state index contributed by atoms with van der Waals surface area (Å²) in [5.41, 5.74) is 1.47. The molecule has 1 aromatic heterocycles. The van der Waals surface area contributed by atoms with Crippen molar-refractivity contribution >= 4 is 23.7 Å². The van der Waals surface area contributed by atoms with Gasteiger partial charge in [0, 0.05) is 10.5 Å². The van der Waals surface area contributed by atoms with Gasteiger partial charge in [-0.25, -0.2) is 0 Å². The summed E-state index contributed by atoms with van der Waals surface area (Å²) < 4.78 is 0. The second-order valence-electron chi connectivity index (χ2n) is 2.51. The van der Waals surface area contributed by atoms with Crippen LogP contribution >= 0.6 is 11.3 Å². The molecule has 1 heterocycles. The van der Waals surface area contributed by atoms with Gasteiger partial charge in [0.2, 0.25) is 0 Å². The van der Waals surface area contributed by atoms with E-state index in [4.69, 9.17) is 0 Å². The maximum Gasteiger partial charge on any atom is 0.150 e. The number of aldehydes is 1. The summed E-state index contributed by atoms with van der Waals surface area (Å²) in [5.74, 6) is 0. The second-order valence-corrected chi connectivity index (χ2v) is 3.49. The number of carbonyl (C=O) groups excluding carboxylic acids is 1. The number of hydrogen-bond donors (Lipinski definition) is 0. The van der Waals surface area contributed by atoms with E-state index in [1.165, 1.54) is 0 Å². The average Bonchev–Trinajstić information content (AvgIpc) is 2.51. The third-order valence-corrected chi connectivity index (χ3v) is 2.28. The highest BCUT2D eigenvalue weighted by Crippen LogP contribution is 2.15. The average molecular weight is 178 g/mol. The molecule has 0 spiro atoms. The van der Waals surface area contributed by atoms with Gasteiger partial charge in [0.15, 0.2) is 0 Å². The molecule has 0 radical (unpaired) electrons. The monoisotopic (exact) mass is 178 g/mol. The molecule has 12 heavy (non-hydrogen) atoms. The Morgan fingerprint density at radius 1 is 1.67 bits per heavy atom. The van der Waals surface area contributed by atoms with Crippen LogP contribution in [0.4, 0.5) is 0 Å². The predicted octanol–water partition coefficient (Wildman–Crippen LogP) is 2.91. The van der Waals surface area contributed by atoms with E-state index in [1.807, 2.05) is 30.5 Å². The van der Waals surface area contributed by atoms with Crippen molar-refractivity contribution in [2.24, 2.45) is 0 Å². The molecule has 0 N–H and O–H groups in total. The van der Waals surface area contributed by atoms with Crippen LogP contribution in [0.1, 0.15) is 11.8 Å². The van der Waals surface area contributed by atoms with Crippen LogP contribution in [0.25, 0.3) is 6.08 Å². The molecule has 0 aromatic carbocycles. The van der Waals surface area contributed by atoms with Crippen molar-refractivity contribution in [2.45, 2.75) is 6.92 Å². The van der Waals surface area contributed by atoms with Gasteiger partial charge in [-0.05, 0) is 30.0 Å². The van der Waals surface area contributed by atoms with Crippen LogP contribution in [0.15, 0.2) is 35.2 Å². The van der Waals surface area contributed by atoms with Crippen molar-refractivity contribution < 1.29 is 4.79 Å². The van der Waals surface area contributed by atoms with Crippen LogP contribution in [-0.4, -0.2) is 6.29 Å². The first-order valence-corrected chi connectivity index (χ1v) is 4.48. The first-order chi connectivity index (χ1) is 5.74. The lowest BCUT2D eigenvalue weighted by molar-refractivity contribution is -0.104. The van der Waals surface area contributed by atoms with Gasteiger partial charge in [0.05, 0.1) is 0 Å². The van der Waals surface area contributed by atoms with Crippen molar-refractivity contribution in [3.63, 3.8) is 0 Å². The molecule has 2 heteroatoms. The van der Waals surface area contributed by atoms with Gasteiger partial charge in [-0.1, -0.05) is 12.6 Å². The maximum atomic E-state index is 10.5. The minimum atomic E-state index is 0.664. The van der Waals surface area contributed by atoms with Crippen molar-refractivity contribution in [2.75, 3.05) is 0 Å². The molecule has 0 fully saturated rings. The summed E-state index contributed by atoms with van der Waals surface area (Å²) in [6, 6.07) is 3.93. The Balaban J connectivity index is 2.93. The van der Waals surface area contributed by atoms with Gasteiger partial charge < -0.3 is 0 Å². The fraction of sp³-hybridized carbons (Fsp3) is 0.100. The van der Waals surface area contributed by atoms with Gasteiger partial charge in [0.1, 0.15) is 6.29 Å². The van der Waals surface area contributed by atoms with E-state index in [0.29, 0.717) is 5.57 Å². The first-order valence-electron chi connectivity index (χ1n) is 3.60. The fourth-order valence-corrected chi connectivity index (χ4v) is 1.45. The fourth-order valence-electron chi connectivity index (χ4n) is 0.784. The topological polar surface area (TPSA) is 17.1 Å². The lowest BCUT2D eigenvalue weighted by Gasteiger charge is -1.94. The van der Waals surface area contributed by atoms with Gasteiger partial charge in [0.25, 0.3) is 0 Å². The molecule has 0 atom stereocenters. The summed E-state index contributed by atoms with van der Waals surface area (Å²) in [4.78, 5) is 11.6. The molecule has 0 bridgehead atoms. The lowest BCUT2D eigenvalue weighted by atomic mass is 10.1. The molecular formula is C10H10OS. The standard InChI is InChI=1S/C10H10OS/c1-8(2)9(7-11)6-10-4-3-5-12-10/h3-7H,1H2,2H3/b9-6+. The van der Waals surface area contributed by atoms with Gasteiger partial charge in [-0.2, -0.15) is 0 Å². The van der Waals surface area contributed by atoms with Gasteiger partial charge in [-0.15, -0.1) is 11.3 Å². The summed E-state index contributed by atoms with van der Waals surface area (Å²) in [7, 11) is 0. The van der Waals surface area contributed by atoms with Crippen molar-refractivity contribution in [3.05, 3.63) is 40.1 Å². The zero-order valence-electron chi connectivity index (χ0n) is 6.91. The van der Waals surface area contributed by atoms with E-state index in [9.17, 15) is 4.79 Å². The van der Waals surface area contributed by atoms with E-state index >= 15 is 0 Å². The minimum Gasteiger partial charge on any atom is -0.298 e. The van der Waals surface area contributed by atoms with E-state index in [1.54, 1.807) is 11.3 Å².